The van der Waals surface area contributed by atoms with E-state index in [-0.39, 0.29) is 25.1 Å². The van der Waals surface area contributed by atoms with Gasteiger partial charge in [0.2, 0.25) is 6.79 Å². The Labute approximate surface area is 161 Å². The Morgan fingerprint density at radius 1 is 1.00 bits per heavy atom. The molecule has 0 aromatic heterocycles. The van der Waals surface area contributed by atoms with Crippen molar-refractivity contribution in [2.75, 3.05) is 44.5 Å². The SMILES string of the molecule is O=C(OCC(=O)N1CCN(c2ccccc2F)CC1)c1ccc2c(c1)OCO2. The fourth-order valence-corrected chi connectivity index (χ4v) is 3.23. The minimum Gasteiger partial charge on any atom is -0.454 e. The number of nitrogens with zero attached hydrogens (tertiary/aromatic N) is 2. The van der Waals surface area contributed by atoms with Crippen LogP contribution in [-0.4, -0.2) is 56.4 Å². The third kappa shape index (κ3) is 3.71. The van der Waals surface area contributed by atoms with Gasteiger partial charge in [-0.3, -0.25) is 4.79 Å². The van der Waals surface area contributed by atoms with Crippen LogP contribution in [0.1, 0.15) is 10.4 Å². The fraction of sp³-hybridized carbons (Fsp3) is 0.300. The molecule has 0 radical (unpaired) electrons. The standard InChI is InChI=1S/C20H19FN2O5/c21-15-3-1-2-4-16(15)22-7-9-23(10-8-22)19(24)12-26-20(25)14-5-6-17-18(11-14)28-13-27-17/h1-6,11H,7-10,12-13H2. The molecular weight excluding hydrogens is 367 g/mol. The summed E-state index contributed by atoms with van der Waals surface area (Å²) >= 11 is 0. The van der Waals surface area contributed by atoms with E-state index in [2.05, 4.69) is 0 Å². The van der Waals surface area contributed by atoms with Crippen molar-refractivity contribution < 1.29 is 28.2 Å². The lowest BCUT2D eigenvalue weighted by Gasteiger charge is -2.36. The number of hydrogen-bond acceptors (Lipinski definition) is 6. The van der Waals surface area contributed by atoms with E-state index in [9.17, 15) is 14.0 Å². The molecule has 28 heavy (non-hydrogen) atoms. The van der Waals surface area contributed by atoms with Crippen molar-refractivity contribution in [2.24, 2.45) is 0 Å². The Morgan fingerprint density at radius 2 is 1.75 bits per heavy atom. The van der Waals surface area contributed by atoms with Gasteiger partial charge in [0.1, 0.15) is 5.82 Å². The average Bonchev–Trinajstić information content (AvgIpc) is 3.20. The van der Waals surface area contributed by atoms with Crippen LogP contribution < -0.4 is 14.4 Å². The van der Waals surface area contributed by atoms with Crippen LogP contribution in [0.2, 0.25) is 0 Å². The molecule has 2 heterocycles. The summed E-state index contributed by atoms with van der Waals surface area (Å²) in [6.07, 6.45) is 0. The Kier molecular flexibility index (Phi) is 5.01. The first kappa shape index (κ1) is 18.1. The van der Waals surface area contributed by atoms with Crippen molar-refractivity contribution in [1.29, 1.82) is 0 Å². The molecule has 0 bridgehead atoms. The summed E-state index contributed by atoms with van der Waals surface area (Å²) in [5.74, 6) is -0.107. The average molecular weight is 386 g/mol. The number of fused-ring (bicyclic) bond motifs is 1. The monoisotopic (exact) mass is 386 g/mol. The molecule has 0 saturated carbocycles. The molecule has 7 nitrogen and oxygen atoms in total. The zero-order chi connectivity index (χ0) is 19.5. The van der Waals surface area contributed by atoms with E-state index in [1.54, 1.807) is 35.2 Å². The maximum Gasteiger partial charge on any atom is 0.338 e. The molecule has 0 unspecified atom stereocenters. The predicted octanol–water partition coefficient (Wildman–Crippen LogP) is 2.06. The summed E-state index contributed by atoms with van der Waals surface area (Å²) in [5.41, 5.74) is 0.824. The van der Waals surface area contributed by atoms with Crippen molar-refractivity contribution in [3.63, 3.8) is 0 Å². The van der Waals surface area contributed by atoms with Gasteiger partial charge in [-0.25, -0.2) is 9.18 Å². The smallest absolute Gasteiger partial charge is 0.338 e. The first-order valence-electron chi connectivity index (χ1n) is 8.96. The first-order valence-corrected chi connectivity index (χ1v) is 8.96. The zero-order valence-electron chi connectivity index (χ0n) is 15.1. The highest BCUT2D eigenvalue weighted by atomic mass is 19.1. The van der Waals surface area contributed by atoms with Gasteiger partial charge in [-0.05, 0) is 30.3 Å². The third-order valence-electron chi connectivity index (χ3n) is 4.76. The summed E-state index contributed by atoms with van der Waals surface area (Å²) in [6, 6.07) is 11.3. The molecule has 146 valence electrons. The fourth-order valence-electron chi connectivity index (χ4n) is 3.23. The molecular formula is C20H19FN2O5. The molecule has 2 aliphatic heterocycles. The van der Waals surface area contributed by atoms with Crippen LogP contribution in [0.3, 0.4) is 0 Å². The molecule has 0 atom stereocenters. The maximum atomic E-state index is 13.9. The largest absolute Gasteiger partial charge is 0.454 e. The topological polar surface area (TPSA) is 68.3 Å². The van der Waals surface area contributed by atoms with Gasteiger partial charge in [0.05, 0.1) is 11.3 Å². The van der Waals surface area contributed by atoms with Crippen molar-refractivity contribution >= 4 is 17.6 Å². The van der Waals surface area contributed by atoms with E-state index >= 15 is 0 Å². The number of carbonyl (C=O) groups excluding carboxylic acids is 2. The van der Waals surface area contributed by atoms with Gasteiger partial charge in [0.25, 0.3) is 5.91 Å². The van der Waals surface area contributed by atoms with E-state index < -0.39 is 5.97 Å². The highest BCUT2D eigenvalue weighted by molar-refractivity contribution is 5.92. The van der Waals surface area contributed by atoms with Crippen molar-refractivity contribution in [1.82, 2.24) is 4.90 Å². The highest BCUT2D eigenvalue weighted by Gasteiger charge is 2.24. The van der Waals surface area contributed by atoms with E-state index in [0.29, 0.717) is 48.9 Å². The van der Waals surface area contributed by atoms with Crippen LogP contribution in [0.4, 0.5) is 10.1 Å². The molecule has 0 spiro atoms. The molecule has 1 saturated heterocycles. The summed E-state index contributed by atoms with van der Waals surface area (Å²) in [7, 11) is 0. The number of anilines is 1. The van der Waals surface area contributed by atoms with Crippen LogP contribution in [0.15, 0.2) is 42.5 Å². The molecule has 0 aliphatic carbocycles. The lowest BCUT2D eigenvalue weighted by molar-refractivity contribution is -0.134. The van der Waals surface area contributed by atoms with E-state index in [4.69, 9.17) is 14.2 Å². The maximum absolute atomic E-state index is 13.9. The number of benzene rings is 2. The molecule has 1 fully saturated rings. The van der Waals surface area contributed by atoms with Crippen molar-refractivity contribution in [3.05, 3.63) is 53.8 Å². The minimum absolute atomic E-state index is 0.116. The molecule has 2 aromatic rings. The lowest BCUT2D eigenvalue weighted by atomic mass is 10.2. The molecule has 4 rings (SSSR count). The Morgan fingerprint density at radius 3 is 2.54 bits per heavy atom. The van der Waals surface area contributed by atoms with Gasteiger partial charge in [0, 0.05) is 26.2 Å². The molecule has 2 aromatic carbocycles. The molecule has 8 heteroatoms. The number of rotatable bonds is 4. The number of carbonyl (C=O) groups is 2. The second kappa shape index (κ2) is 7.75. The normalized spacial score (nSPS) is 15.5. The van der Waals surface area contributed by atoms with Gasteiger partial charge in [-0.2, -0.15) is 0 Å². The lowest BCUT2D eigenvalue weighted by Crippen LogP contribution is -2.50. The van der Waals surface area contributed by atoms with Crippen LogP contribution in [0.25, 0.3) is 0 Å². The number of esters is 1. The number of amides is 1. The second-order valence-corrected chi connectivity index (χ2v) is 6.46. The second-order valence-electron chi connectivity index (χ2n) is 6.46. The molecule has 2 aliphatic rings. The summed E-state index contributed by atoms with van der Waals surface area (Å²) in [4.78, 5) is 28.0. The summed E-state index contributed by atoms with van der Waals surface area (Å²) < 4.78 is 29.4. The summed E-state index contributed by atoms with van der Waals surface area (Å²) in [6.45, 7) is 1.69. The van der Waals surface area contributed by atoms with Gasteiger partial charge in [-0.15, -0.1) is 0 Å². The Hall–Kier alpha value is -3.29. The van der Waals surface area contributed by atoms with Gasteiger partial charge >= 0.3 is 5.97 Å². The Bertz CT molecular complexity index is 896. The molecule has 1 amide bonds. The van der Waals surface area contributed by atoms with E-state index in [0.717, 1.165) is 0 Å². The van der Waals surface area contributed by atoms with Crippen LogP contribution in [0, 0.1) is 5.82 Å². The van der Waals surface area contributed by atoms with Crippen molar-refractivity contribution in [2.45, 2.75) is 0 Å². The van der Waals surface area contributed by atoms with E-state index in [1.165, 1.54) is 12.1 Å². The van der Waals surface area contributed by atoms with Gasteiger partial charge in [-0.1, -0.05) is 12.1 Å². The van der Waals surface area contributed by atoms with Crippen LogP contribution >= 0.6 is 0 Å². The number of para-hydroxylation sites is 1. The number of halogens is 1. The van der Waals surface area contributed by atoms with Crippen molar-refractivity contribution in [3.8, 4) is 11.5 Å². The first-order chi connectivity index (χ1) is 13.6. The molecule has 0 N–H and O–H groups in total. The number of hydrogen-bond donors (Lipinski definition) is 0. The van der Waals surface area contributed by atoms with Crippen LogP contribution in [0.5, 0.6) is 11.5 Å². The minimum atomic E-state index is -0.600. The number of ether oxygens (including phenoxy) is 3. The van der Waals surface area contributed by atoms with E-state index in [1.807, 2.05) is 4.90 Å². The van der Waals surface area contributed by atoms with Gasteiger partial charge < -0.3 is 24.0 Å². The third-order valence-corrected chi connectivity index (χ3v) is 4.76. The number of piperazine rings is 1. The van der Waals surface area contributed by atoms with Gasteiger partial charge in [0.15, 0.2) is 18.1 Å². The Balaban J connectivity index is 1.28. The predicted molar refractivity (Wildman–Crippen MR) is 98.0 cm³/mol. The zero-order valence-corrected chi connectivity index (χ0v) is 15.1. The highest BCUT2D eigenvalue weighted by Crippen LogP contribution is 2.32. The van der Waals surface area contributed by atoms with Crippen LogP contribution in [-0.2, 0) is 9.53 Å². The summed E-state index contributed by atoms with van der Waals surface area (Å²) in [5, 5.41) is 0. The quantitative estimate of drug-likeness (QED) is 0.750.